The van der Waals surface area contributed by atoms with E-state index in [9.17, 15) is 9.59 Å². The van der Waals surface area contributed by atoms with E-state index in [-0.39, 0.29) is 37.1 Å². The molecule has 0 spiro atoms. The third kappa shape index (κ3) is 6.51. The Labute approximate surface area is 206 Å². The minimum atomic E-state index is -0.378. The third-order valence-corrected chi connectivity index (χ3v) is 5.66. The van der Waals surface area contributed by atoms with Crippen molar-refractivity contribution in [3.05, 3.63) is 59.7 Å². The second-order valence-electron chi connectivity index (χ2n) is 8.50. The summed E-state index contributed by atoms with van der Waals surface area (Å²) in [4.78, 5) is 27.8. The Morgan fingerprint density at radius 1 is 1.11 bits per heavy atom. The average Bonchev–Trinajstić information content (AvgIpc) is 3.31. The summed E-state index contributed by atoms with van der Waals surface area (Å²) < 4.78 is 16.1. The first kappa shape index (κ1) is 26.0. The van der Waals surface area contributed by atoms with Crippen molar-refractivity contribution in [3.8, 4) is 11.5 Å². The van der Waals surface area contributed by atoms with E-state index in [0.717, 1.165) is 16.8 Å². The lowest BCUT2D eigenvalue weighted by Gasteiger charge is -2.28. The van der Waals surface area contributed by atoms with Crippen LogP contribution >= 0.6 is 0 Å². The maximum Gasteiger partial charge on any atom is 0.318 e. The number of hydrogen-bond acceptors (Lipinski definition) is 6. The summed E-state index contributed by atoms with van der Waals surface area (Å²) in [6.07, 6.45) is 0.496. The Kier molecular flexibility index (Phi) is 9.08. The SMILES string of the molecule is COCCN(CC(=O)N1N=C(c2cccc(OC)c2)C[C@H]1c1ccccc1OC)C(=O)NC(C)C. The second-order valence-corrected chi connectivity index (χ2v) is 8.50. The van der Waals surface area contributed by atoms with Crippen LogP contribution in [-0.4, -0.2) is 74.6 Å². The minimum absolute atomic E-state index is 0.0616. The molecule has 1 N–H and O–H groups in total. The number of para-hydroxylation sites is 1. The van der Waals surface area contributed by atoms with Gasteiger partial charge in [0, 0.05) is 37.2 Å². The second kappa shape index (κ2) is 12.2. The van der Waals surface area contributed by atoms with E-state index < -0.39 is 0 Å². The molecule has 0 saturated heterocycles. The van der Waals surface area contributed by atoms with Crippen LogP contribution in [0.4, 0.5) is 4.79 Å². The highest BCUT2D eigenvalue weighted by atomic mass is 16.5. The summed E-state index contributed by atoms with van der Waals surface area (Å²) in [6, 6.07) is 14.4. The standard InChI is InChI=1S/C26H34N4O5/c1-18(2)27-26(32)29(13-14-33-3)17-25(31)30-23(21-11-6-7-12-24(21)35-5)16-22(28-30)19-9-8-10-20(15-19)34-4/h6-12,15,18,23H,13-14,16-17H2,1-5H3,(H,27,32)/t23-/m0/s1. The van der Waals surface area contributed by atoms with Gasteiger partial charge in [-0.2, -0.15) is 5.10 Å². The van der Waals surface area contributed by atoms with E-state index >= 15 is 0 Å². The van der Waals surface area contributed by atoms with Crippen LogP contribution in [0, 0.1) is 0 Å². The number of rotatable bonds is 10. The van der Waals surface area contributed by atoms with Crippen LogP contribution in [0.3, 0.4) is 0 Å². The molecule has 35 heavy (non-hydrogen) atoms. The zero-order valence-electron chi connectivity index (χ0n) is 21.0. The van der Waals surface area contributed by atoms with Gasteiger partial charge in [-0.1, -0.05) is 30.3 Å². The lowest BCUT2D eigenvalue weighted by Crippen LogP contribution is -2.48. The number of carbonyl (C=O) groups is 2. The van der Waals surface area contributed by atoms with Gasteiger partial charge >= 0.3 is 6.03 Å². The number of ether oxygens (including phenoxy) is 3. The van der Waals surface area contributed by atoms with Crippen LogP contribution in [-0.2, 0) is 9.53 Å². The minimum Gasteiger partial charge on any atom is -0.497 e. The number of methoxy groups -OCH3 is 3. The van der Waals surface area contributed by atoms with E-state index in [2.05, 4.69) is 5.32 Å². The Morgan fingerprint density at radius 3 is 2.57 bits per heavy atom. The van der Waals surface area contributed by atoms with E-state index in [1.54, 1.807) is 21.3 Å². The third-order valence-electron chi connectivity index (χ3n) is 5.66. The molecule has 0 aromatic heterocycles. The predicted molar refractivity (Wildman–Crippen MR) is 134 cm³/mol. The molecule has 0 unspecified atom stereocenters. The fourth-order valence-corrected chi connectivity index (χ4v) is 3.93. The Morgan fingerprint density at radius 2 is 1.89 bits per heavy atom. The van der Waals surface area contributed by atoms with Gasteiger partial charge in [-0.3, -0.25) is 4.79 Å². The van der Waals surface area contributed by atoms with E-state index in [0.29, 0.717) is 24.5 Å². The quantitative estimate of drug-likeness (QED) is 0.560. The lowest BCUT2D eigenvalue weighted by atomic mass is 9.97. The van der Waals surface area contributed by atoms with Crippen LogP contribution in [0.5, 0.6) is 11.5 Å². The fraction of sp³-hybridized carbons (Fsp3) is 0.423. The first-order valence-electron chi connectivity index (χ1n) is 11.6. The summed E-state index contributed by atoms with van der Waals surface area (Å²) in [5.41, 5.74) is 2.47. The number of nitrogens with zero attached hydrogens (tertiary/aromatic N) is 3. The summed E-state index contributed by atoms with van der Waals surface area (Å²) in [6.45, 7) is 4.20. The normalized spacial score (nSPS) is 15.1. The van der Waals surface area contributed by atoms with Gasteiger partial charge in [0.15, 0.2) is 0 Å². The fourth-order valence-electron chi connectivity index (χ4n) is 3.93. The number of carbonyl (C=O) groups excluding carboxylic acids is 2. The molecule has 0 fully saturated rings. The van der Waals surface area contributed by atoms with Gasteiger partial charge in [0.25, 0.3) is 5.91 Å². The molecule has 3 rings (SSSR count). The maximum atomic E-state index is 13.6. The first-order valence-corrected chi connectivity index (χ1v) is 11.6. The van der Waals surface area contributed by atoms with E-state index in [4.69, 9.17) is 19.3 Å². The Balaban J connectivity index is 1.94. The first-order chi connectivity index (χ1) is 16.9. The molecule has 0 saturated carbocycles. The van der Waals surface area contributed by atoms with Crippen LogP contribution < -0.4 is 14.8 Å². The van der Waals surface area contributed by atoms with Crippen LogP contribution in [0.25, 0.3) is 0 Å². The van der Waals surface area contributed by atoms with E-state index in [1.807, 2.05) is 62.4 Å². The summed E-state index contributed by atoms with van der Waals surface area (Å²) in [7, 11) is 4.77. The molecule has 3 amide bonds. The van der Waals surface area contributed by atoms with Crippen LogP contribution in [0.15, 0.2) is 53.6 Å². The van der Waals surface area contributed by atoms with Crippen molar-refractivity contribution in [1.29, 1.82) is 0 Å². The molecule has 0 bridgehead atoms. The Bertz CT molecular complexity index is 1060. The van der Waals surface area contributed by atoms with Crippen molar-refractivity contribution in [2.75, 3.05) is 41.0 Å². The van der Waals surface area contributed by atoms with Gasteiger partial charge in [0.1, 0.15) is 18.0 Å². The highest BCUT2D eigenvalue weighted by Gasteiger charge is 2.36. The molecule has 1 atom stereocenters. The molecule has 9 heteroatoms. The number of hydrogen-bond donors (Lipinski definition) is 1. The molecular weight excluding hydrogens is 448 g/mol. The topological polar surface area (TPSA) is 92.7 Å². The molecule has 188 valence electrons. The average molecular weight is 483 g/mol. The van der Waals surface area contributed by atoms with Gasteiger partial charge in [0.05, 0.1) is 32.6 Å². The number of nitrogens with one attached hydrogen (secondary N) is 1. The summed E-state index contributed by atoms with van der Waals surface area (Å²) >= 11 is 0. The van der Waals surface area contributed by atoms with Gasteiger partial charge in [-0.15, -0.1) is 0 Å². The molecular formula is C26H34N4O5. The summed E-state index contributed by atoms with van der Waals surface area (Å²) in [5, 5.41) is 9.03. The smallest absolute Gasteiger partial charge is 0.318 e. The largest absolute Gasteiger partial charge is 0.497 e. The van der Waals surface area contributed by atoms with Gasteiger partial charge < -0.3 is 24.4 Å². The van der Waals surface area contributed by atoms with Crippen molar-refractivity contribution in [2.45, 2.75) is 32.4 Å². The predicted octanol–water partition coefficient (Wildman–Crippen LogP) is 3.45. The molecule has 2 aromatic carbocycles. The van der Waals surface area contributed by atoms with Crippen molar-refractivity contribution in [1.82, 2.24) is 15.2 Å². The number of amides is 3. The van der Waals surface area contributed by atoms with Gasteiger partial charge in [-0.25, -0.2) is 9.80 Å². The zero-order valence-corrected chi connectivity index (χ0v) is 21.0. The van der Waals surface area contributed by atoms with Crippen molar-refractivity contribution < 1.29 is 23.8 Å². The zero-order chi connectivity index (χ0) is 25.4. The van der Waals surface area contributed by atoms with Crippen molar-refractivity contribution in [2.24, 2.45) is 5.10 Å². The van der Waals surface area contributed by atoms with Crippen molar-refractivity contribution >= 4 is 17.6 Å². The molecule has 0 aliphatic carbocycles. The monoisotopic (exact) mass is 482 g/mol. The highest BCUT2D eigenvalue weighted by molar-refractivity contribution is 6.03. The maximum absolute atomic E-state index is 13.6. The van der Waals surface area contributed by atoms with Gasteiger partial charge in [0.2, 0.25) is 0 Å². The Hall–Kier alpha value is -3.59. The number of benzene rings is 2. The molecule has 1 aliphatic rings. The molecule has 0 radical (unpaired) electrons. The molecule has 1 aliphatic heterocycles. The van der Waals surface area contributed by atoms with Crippen LogP contribution in [0.1, 0.15) is 37.4 Å². The molecule has 1 heterocycles. The molecule has 9 nitrogen and oxygen atoms in total. The van der Waals surface area contributed by atoms with Crippen LogP contribution in [0.2, 0.25) is 0 Å². The number of hydrazone groups is 1. The summed E-state index contributed by atoms with van der Waals surface area (Å²) in [5.74, 6) is 1.08. The lowest BCUT2D eigenvalue weighted by molar-refractivity contribution is -0.133. The molecule has 2 aromatic rings. The van der Waals surface area contributed by atoms with Crippen molar-refractivity contribution in [3.63, 3.8) is 0 Å². The van der Waals surface area contributed by atoms with E-state index in [1.165, 1.54) is 9.91 Å². The van der Waals surface area contributed by atoms with Gasteiger partial charge in [-0.05, 0) is 32.0 Å². The highest BCUT2D eigenvalue weighted by Crippen LogP contribution is 2.37. The number of urea groups is 1.